The number of carboxylic acid groups (broad SMARTS) is 2. The average Bonchev–Trinajstić information content (AvgIpc) is 3.09. The topological polar surface area (TPSA) is 234 Å². The third-order valence-electron chi connectivity index (χ3n) is 7.93. The Morgan fingerprint density at radius 3 is 2.04 bits per heavy atom. The van der Waals surface area contributed by atoms with E-state index in [1.54, 1.807) is 62.4 Å². The molecule has 0 saturated carbocycles. The van der Waals surface area contributed by atoms with Crippen LogP contribution in [0.5, 0.6) is 0 Å². The fourth-order valence-corrected chi connectivity index (χ4v) is 5.74. The minimum atomic E-state index is -3.66. The SMILES string of the molecule is CC(C)C(NC(=O)C(Cc1cccc2ccccc12)NC(=O)C(CCC(=O)O)NC(=O)OCc1ccccc1)C(=O)NC(C=CS(C)(=O)=O)CC(=O)O. The second-order valence-corrected chi connectivity index (χ2v) is 14.6. The monoisotopic (exact) mass is 752 g/mol. The third kappa shape index (κ3) is 14.4. The lowest BCUT2D eigenvalue weighted by molar-refractivity contribution is -0.138. The second-order valence-electron chi connectivity index (χ2n) is 12.7. The van der Waals surface area contributed by atoms with Gasteiger partial charge in [-0.1, -0.05) is 92.7 Å². The van der Waals surface area contributed by atoms with Gasteiger partial charge in [0.05, 0.1) is 12.5 Å². The summed E-state index contributed by atoms with van der Waals surface area (Å²) < 4.78 is 28.6. The number of aliphatic carboxylic acids is 2. The number of carboxylic acids is 2. The van der Waals surface area contributed by atoms with Crippen LogP contribution in [0.2, 0.25) is 0 Å². The van der Waals surface area contributed by atoms with Gasteiger partial charge in [-0.25, -0.2) is 13.2 Å². The highest BCUT2D eigenvalue weighted by atomic mass is 32.2. The number of alkyl carbamates (subject to hydrolysis) is 1. The quantitative estimate of drug-likeness (QED) is 0.104. The molecule has 4 unspecified atom stereocenters. The minimum absolute atomic E-state index is 0.0891. The lowest BCUT2D eigenvalue weighted by Crippen LogP contribution is -2.59. The van der Waals surface area contributed by atoms with Crippen molar-refractivity contribution in [2.75, 3.05) is 6.26 Å². The van der Waals surface area contributed by atoms with Crippen LogP contribution in [0, 0.1) is 5.92 Å². The molecule has 0 aliphatic heterocycles. The Balaban J connectivity index is 1.90. The van der Waals surface area contributed by atoms with E-state index in [1.165, 1.54) is 0 Å². The highest BCUT2D eigenvalue weighted by molar-refractivity contribution is 7.93. The van der Waals surface area contributed by atoms with E-state index in [-0.39, 0.29) is 19.4 Å². The molecule has 0 aromatic heterocycles. The largest absolute Gasteiger partial charge is 0.481 e. The van der Waals surface area contributed by atoms with Crippen LogP contribution in [0.4, 0.5) is 4.79 Å². The summed E-state index contributed by atoms with van der Waals surface area (Å²) in [6, 6.07) is 16.2. The maximum Gasteiger partial charge on any atom is 0.408 e. The van der Waals surface area contributed by atoms with Crippen molar-refractivity contribution >= 4 is 56.4 Å². The second kappa shape index (κ2) is 19.7. The first-order chi connectivity index (χ1) is 25.0. The van der Waals surface area contributed by atoms with Gasteiger partial charge in [-0.3, -0.25) is 24.0 Å². The van der Waals surface area contributed by atoms with Crippen molar-refractivity contribution in [2.45, 2.75) is 70.3 Å². The van der Waals surface area contributed by atoms with Crippen molar-refractivity contribution in [1.82, 2.24) is 21.3 Å². The molecule has 0 fully saturated rings. The lowest BCUT2D eigenvalue weighted by Gasteiger charge is -2.28. The van der Waals surface area contributed by atoms with Gasteiger partial charge in [0, 0.05) is 24.5 Å². The van der Waals surface area contributed by atoms with Gasteiger partial charge in [0.25, 0.3) is 0 Å². The smallest absolute Gasteiger partial charge is 0.408 e. The molecule has 0 aliphatic carbocycles. The number of ether oxygens (including phenoxy) is 1. The van der Waals surface area contributed by atoms with Crippen LogP contribution in [0.1, 0.15) is 44.2 Å². The number of amides is 4. The molecule has 284 valence electrons. The normalized spacial score (nSPS) is 13.7. The van der Waals surface area contributed by atoms with E-state index in [2.05, 4.69) is 21.3 Å². The molecule has 4 atom stereocenters. The highest BCUT2D eigenvalue weighted by Crippen LogP contribution is 2.20. The van der Waals surface area contributed by atoms with E-state index in [9.17, 15) is 47.4 Å². The van der Waals surface area contributed by atoms with Crippen LogP contribution < -0.4 is 21.3 Å². The first kappa shape index (κ1) is 41.6. The molecule has 0 aliphatic rings. The van der Waals surface area contributed by atoms with Crippen molar-refractivity contribution in [3.63, 3.8) is 0 Å². The zero-order valence-electron chi connectivity index (χ0n) is 29.5. The number of hydrogen-bond acceptors (Lipinski definition) is 9. The summed E-state index contributed by atoms with van der Waals surface area (Å²) in [6.07, 6.45) is -0.639. The van der Waals surface area contributed by atoms with Gasteiger partial charge in [0.1, 0.15) is 24.7 Å². The van der Waals surface area contributed by atoms with Gasteiger partial charge < -0.3 is 36.2 Å². The molecular formula is C37H44N4O11S. The summed E-state index contributed by atoms with van der Waals surface area (Å²) in [5.74, 6) is -5.62. The van der Waals surface area contributed by atoms with Gasteiger partial charge in [0.2, 0.25) is 17.7 Å². The van der Waals surface area contributed by atoms with Gasteiger partial charge in [-0.15, -0.1) is 0 Å². The molecule has 0 saturated heterocycles. The van der Waals surface area contributed by atoms with Crippen molar-refractivity contribution < 1.29 is 52.1 Å². The fraction of sp³-hybridized carbons (Fsp3) is 0.351. The van der Waals surface area contributed by atoms with E-state index in [4.69, 9.17) is 4.74 Å². The molecule has 0 heterocycles. The Labute approximate surface area is 307 Å². The number of benzene rings is 3. The molecule has 4 amide bonds. The van der Waals surface area contributed by atoms with Crippen LogP contribution in [-0.2, 0) is 51.6 Å². The van der Waals surface area contributed by atoms with E-state index in [0.29, 0.717) is 11.1 Å². The summed E-state index contributed by atoms with van der Waals surface area (Å²) in [4.78, 5) is 76.9. The van der Waals surface area contributed by atoms with E-state index >= 15 is 0 Å². The summed E-state index contributed by atoms with van der Waals surface area (Å²) in [5, 5.41) is 31.2. The molecule has 0 radical (unpaired) electrons. The van der Waals surface area contributed by atoms with E-state index in [0.717, 1.165) is 28.5 Å². The minimum Gasteiger partial charge on any atom is -0.481 e. The lowest BCUT2D eigenvalue weighted by atomic mass is 9.97. The van der Waals surface area contributed by atoms with Crippen LogP contribution in [-0.4, -0.2) is 84.8 Å². The first-order valence-electron chi connectivity index (χ1n) is 16.7. The molecular weight excluding hydrogens is 708 g/mol. The van der Waals surface area contributed by atoms with E-state index < -0.39 is 88.5 Å². The van der Waals surface area contributed by atoms with Crippen LogP contribution in [0.15, 0.2) is 84.3 Å². The number of rotatable bonds is 19. The van der Waals surface area contributed by atoms with Crippen molar-refractivity contribution in [3.05, 3.63) is 95.4 Å². The Morgan fingerprint density at radius 2 is 1.40 bits per heavy atom. The molecule has 3 rings (SSSR count). The summed E-state index contributed by atoms with van der Waals surface area (Å²) >= 11 is 0. The van der Waals surface area contributed by atoms with Crippen LogP contribution in [0.3, 0.4) is 0 Å². The van der Waals surface area contributed by atoms with Gasteiger partial charge in [-0.2, -0.15) is 0 Å². The Kier molecular flexibility index (Phi) is 15.5. The van der Waals surface area contributed by atoms with Gasteiger partial charge in [-0.05, 0) is 34.2 Å². The number of sulfone groups is 1. The summed E-state index contributed by atoms with van der Waals surface area (Å²) in [7, 11) is -3.66. The van der Waals surface area contributed by atoms with E-state index in [1.807, 2.05) is 24.3 Å². The first-order valence-corrected chi connectivity index (χ1v) is 18.6. The predicted molar refractivity (Wildman–Crippen MR) is 195 cm³/mol. The van der Waals surface area contributed by atoms with Crippen LogP contribution >= 0.6 is 0 Å². The number of fused-ring (bicyclic) bond motifs is 1. The highest BCUT2D eigenvalue weighted by Gasteiger charge is 2.32. The predicted octanol–water partition coefficient (Wildman–Crippen LogP) is 2.69. The number of hydrogen-bond donors (Lipinski definition) is 6. The maximum atomic E-state index is 14.0. The standard InChI is InChI=1S/C37H44N4O11S/c1-23(2)33(36(48)38-27(21-32(44)45)18-19-53(3,50)51)41-35(47)30(20-26-14-9-13-25-12-7-8-15-28(25)26)39-34(46)29(16-17-31(42)43)40-37(49)52-22-24-10-5-4-6-11-24/h4-15,18-19,23,27,29-30,33H,16-17,20-22H2,1-3H3,(H,38,48)(H,39,46)(H,40,49)(H,41,47)(H,42,43)(H,44,45). The Morgan fingerprint density at radius 1 is 0.755 bits per heavy atom. The third-order valence-corrected chi connectivity index (χ3v) is 8.58. The van der Waals surface area contributed by atoms with Crippen molar-refractivity contribution in [2.24, 2.45) is 5.92 Å². The zero-order chi connectivity index (χ0) is 39.1. The molecule has 0 bridgehead atoms. The molecule has 0 spiro atoms. The molecule has 3 aromatic rings. The fourth-order valence-electron chi connectivity index (χ4n) is 5.27. The van der Waals surface area contributed by atoms with Crippen molar-refractivity contribution in [1.29, 1.82) is 0 Å². The number of nitrogens with one attached hydrogen (secondary N) is 4. The number of carbonyl (C=O) groups is 6. The Bertz CT molecular complexity index is 1910. The maximum absolute atomic E-state index is 14.0. The molecule has 3 aromatic carbocycles. The summed E-state index contributed by atoms with van der Waals surface area (Å²) in [6.45, 7) is 3.12. The Hall–Kier alpha value is -5.77. The van der Waals surface area contributed by atoms with Gasteiger partial charge in [0.15, 0.2) is 9.84 Å². The molecule has 53 heavy (non-hydrogen) atoms. The van der Waals surface area contributed by atoms with Crippen LogP contribution in [0.25, 0.3) is 10.8 Å². The van der Waals surface area contributed by atoms with Gasteiger partial charge >= 0.3 is 18.0 Å². The zero-order valence-corrected chi connectivity index (χ0v) is 30.3. The molecule has 16 heteroatoms. The molecule has 6 N–H and O–H groups in total. The molecule has 15 nitrogen and oxygen atoms in total. The number of carbonyl (C=O) groups excluding carboxylic acids is 4. The average molecular weight is 753 g/mol. The van der Waals surface area contributed by atoms with Crippen molar-refractivity contribution in [3.8, 4) is 0 Å². The summed E-state index contributed by atoms with van der Waals surface area (Å²) in [5.41, 5.74) is 1.32.